The molecule has 0 unspecified atom stereocenters. The molecule has 0 saturated heterocycles. The van der Waals surface area contributed by atoms with Crippen LogP contribution in [0.1, 0.15) is 17.0 Å². The van der Waals surface area contributed by atoms with Crippen molar-refractivity contribution in [3.63, 3.8) is 0 Å². The largest absolute Gasteiger partial charge is 0.324 e. The number of hydrazone groups is 1. The number of nitrogens with one attached hydrogen (secondary N) is 2. The molecule has 4 rings (SSSR count). The second-order valence-electron chi connectivity index (χ2n) is 6.67. The summed E-state index contributed by atoms with van der Waals surface area (Å²) in [5.74, 6) is 1.02. The number of aryl methyl sites for hydroxylation is 2. The predicted molar refractivity (Wildman–Crippen MR) is 127 cm³/mol. The van der Waals surface area contributed by atoms with Crippen LogP contribution in [0.25, 0.3) is 5.95 Å². The molecule has 10 heteroatoms. The van der Waals surface area contributed by atoms with Crippen LogP contribution in [0.2, 0.25) is 5.02 Å². The SMILES string of the molecule is Cc1cc(C)n(-c2nc(N/N=C\c3ccc(Cl)cc3)nc(Nc3ccc(Br)cc3)n2)n1. The van der Waals surface area contributed by atoms with Crippen LogP contribution in [0, 0.1) is 13.8 Å². The highest BCUT2D eigenvalue weighted by Crippen LogP contribution is 2.19. The van der Waals surface area contributed by atoms with Crippen molar-refractivity contribution < 1.29 is 0 Å². The number of anilines is 3. The third-order valence-electron chi connectivity index (χ3n) is 4.17. The lowest BCUT2D eigenvalue weighted by Crippen LogP contribution is -2.11. The first-order chi connectivity index (χ1) is 15.0. The van der Waals surface area contributed by atoms with Gasteiger partial charge in [0.05, 0.1) is 11.9 Å². The number of nitrogens with zero attached hydrogens (tertiary/aromatic N) is 6. The lowest BCUT2D eigenvalue weighted by Gasteiger charge is -2.09. The van der Waals surface area contributed by atoms with E-state index in [4.69, 9.17) is 11.6 Å². The van der Waals surface area contributed by atoms with E-state index in [0.717, 1.165) is 27.1 Å². The number of halogens is 2. The Morgan fingerprint density at radius 1 is 0.968 bits per heavy atom. The van der Waals surface area contributed by atoms with Gasteiger partial charge in [0.1, 0.15) is 0 Å². The summed E-state index contributed by atoms with van der Waals surface area (Å²) in [5, 5.41) is 12.6. The maximum Gasteiger partial charge on any atom is 0.257 e. The molecule has 2 aromatic carbocycles. The van der Waals surface area contributed by atoms with Crippen molar-refractivity contribution in [1.29, 1.82) is 0 Å². The van der Waals surface area contributed by atoms with E-state index in [1.54, 1.807) is 23.0 Å². The minimum absolute atomic E-state index is 0.280. The van der Waals surface area contributed by atoms with E-state index in [-0.39, 0.29) is 5.95 Å². The number of benzene rings is 2. The molecule has 0 aliphatic carbocycles. The normalized spacial score (nSPS) is 11.1. The topological polar surface area (TPSA) is 92.9 Å². The van der Waals surface area contributed by atoms with E-state index >= 15 is 0 Å². The van der Waals surface area contributed by atoms with Gasteiger partial charge in [-0.05, 0) is 61.9 Å². The van der Waals surface area contributed by atoms with Crippen LogP contribution >= 0.6 is 27.5 Å². The monoisotopic (exact) mass is 496 g/mol. The molecule has 0 bridgehead atoms. The molecule has 156 valence electrons. The van der Waals surface area contributed by atoms with E-state index in [9.17, 15) is 0 Å². The summed E-state index contributed by atoms with van der Waals surface area (Å²) in [7, 11) is 0. The molecule has 0 aliphatic heterocycles. The van der Waals surface area contributed by atoms with Crippen LogP contribution in [0.5, 0.6) is 0 Å². The molecule has 2 N–H and O–H groups in total. The van der Waals surface area contributed by atoms with Crippen LogP contribution in [-0.4, -0.2) is 30.9 Å². The summed E-state index contributed by atoms with van der Waals surface area (Å²) < 4.78 is 2.65. The summed E-state index contributed by atoms with van der Waals surface area (Å²) in [6.45, 7) is 3.86. The van der Waals surface area contributed by atoms with E-state index in [1.165, 1.54) is 0 Å². The van der Waals surface area contributed by atoms with Gasteiger partial charge in [0.2, 0.25) is 11.9 Å². The Bertz CT molecular complexity index is 1220. The maximum atomic E-state index is 5.92. The van der Waals surface area contributed by atoms with Crippen molar-refractivity contribution in [3.8, 4) is 5.95 Å². The first-order valence-corrected chi connectivity index (χ1v) is 10.5. The standard InChI is InChI=1S/C21H18BrClN8/c1-13-11-14(2)31(30-13)21-27-19(25-18-9-5-16(22)6-10-18)26-20(28-21)29-24-12-15-3-7-17(23)8-4-15/h3-12H,1-2H3,(H2,25,26,27,28,29)/b24-12-. The number of hydrogen-bond donors (Lipinski definition) is 2. The van der Waals surface area contributed by atoms with E-state index < -0.39 is 0 Å². The van der Waals surface area contributed by atoms with Crippen LogP contribution in [-0.2, 0) is 0 Å². The lowest BCUT2D eigenvalue weighted by atomic mass is 10.2. The number of hydrogen-bond acceptors (Lipinski definition) is 7. The van der Waals surface area contributed by atoms with Crippen molar-refractivity contribution in [1.82, 2.24) is 24.7 Å². The van der Waals surface area contributed by atoms with Gasteiger partial charge in [-0.15, -0.1) is 0 Å². The average Bonchev–Trinajstić information content (AvgIpc) is 3.09. The highest BCUT2D eigenvalue weighted by molar-refractivity contribution is 9.10. The van der Waals surface area contributed by atoms with Crippen LogP contribution in [0.4, 0.5) is 17.6 Å². The molecular formula is C21H18BrClN8. The average molecular weight is 498 g/mol. The van der Waals surface area contributed by atoms with E-state index in [2.05, 4.69) is 51.8 Å². The summed E-state index contributed by atoms with van der Waals surface area (Å²) in [5.41, 5.74) is 6.37. The zero-order chi connectivity index (χ0) is 21.8. The molecule has 8 nitrogen and oxygen atoms in total. The van der Waals surface area contributed by atoms with Gasteiger partial charge in [-0.3, -0.25) is 0 Å². The third kappa shape index (κ3) is 5.44. The second-order valence-corrected chi connectivity index (χ2v) is 8.03. The maximum absolute atomic E-state index is 5.92. The molecule has 4 aromatic rings. The van der Waals surface area contributed by atoms with Crippen molar-refractivity contribution in [2.75, 3.05) is 10.7 Å². The summed E-state index contributed by atoms with van der Waals surface area (Å²) in [6.07, 6.45) is 1.66. The first kappa shape index (κ1) is 21.0. The molecule has 0 amide bonds. The molecular weight excluding hydrogens is 480 g/mol. The zero-order valence-corrected chi connectivity index (χ0v) is 19.1. The van der Waals surface area contributed by atoms with Gasteiger partial charge >= 0.3 is 0 Å². The highest BCUT2D eigenvalue weighted by atomic mass is 79.9. The Kier molecular flexibility index (Phi) is 6.24. The minimum atomic E-state index is 0.280. The Balaban J connectivity index is 1.64. The third-order valence-corrected chi connectivity index (χ3v) is 4.95. The molecule has 31 heavy (non-hydrogen) atoms. The van der Waals surface area contributed by atoms with Crippen molar-refractivity contribution in [2.24, 2.45) is 5.10 Å². The van der Waals surface area contributed by atoms with Crippen molar-refractivity contribution in [3.05, 3.63) is 81.0 Å². The summed E-state index contributed by atoms with van der Waals surface area (Å²) in [4.78, 5) is 13.4. The smallest absolute Gasteiger partial charge is 0.257 e. The van der Waals surface area contributed by atoms with E-state index in [0.29, 0.717) is 16.9 Å². The Labute approximate surface area is 192 Å². The molecule has 0 atom stereocenters. The van der Waals surface area contributed by atoms with Gasteiger partial charge < -0.3 is 5.32 Å². The molecule has 0 radical (unpaired) electrons. The van der Waals surface area contributed by atoms with Gasteiger partial charge in [-0.2, -0.15) is 25.2 Å². The van der Waals surface area contributed by atoms with Crippen molar-refractivity contribution >= 4 is 51.3 Å². The lowest BCUT2D eigenvalue weighted by molar-refractivity contribution is 0.767. The van der Waals surface area contributed by atoms with Crippen LogP contribution in [0.3, 0.4) is 0 Å². The number of aromatic nitrogens is 5. The summed E-state index contributed by atoms with van der Waals surface area (Å²) >= 11 is 9.35. The Morgan fingerprint density at radius 2 is 1.68 bits per heavy atom. The molecule has 0 saturated carbocycles. The fourth-order valence-corrected chi connectivity index (χ4v) is 3.16. The molecule has 0 spiro atoms. The quantitative estimate of drug-likeness (QED) is 0.278. The number of rotatable bonds is 6. The Morgan fingerprint density at radius 3 is 2.35 bits per heavy atom. The van der Waals surface area contributed by atoms with Crippen LogP contribution < -0.4 is 10.7 Å². The fourth-order valence-electron chi connectivity index (χ4n) is 2.77. The second kappa shape index (κ2) is 9.23. The van der Waals surface area contributed by atoms with Gasteiger partial charge in [0, 0.05) is 20.9 Å². The van der Waals surface area contributed by atoms with E-state index in [1.807, 2.05) is 56.3 Å². The molecule has 0 aliphatic rings. The van der Waals surface area contributed by atoms with Crippen molar-refractivity contribution in [2.45, 2.75) is 13.8 Å². The Hall–Kier alpha value is -3.30. The fraction of sp³-hybridized carbons (Fsp3) is 0.0952. The first-order valence-electron chi connectivity index (χ1n) is 9.33. The zero-order valence-electron chi connectivity index (χ0n) is 16.7. The minimum Gasteiger partial charge on any atom is -0.324 e. The molecule has 0 fully saturated rings. The van der Waals surface area contributed by atoms with Gasteiger partial charge in [-0.25, -0.2) is 10.1 Å². The predicted octanol–water partition coefficient (Wildman–Crippen LogP) is 5.28. The molecule has 2 aromatic heterocycles. The summed E-state index contributed by atoms with van der Waals surface area (Å²) in [6, 6.07) is 17.0. The van der Waals surface area contributed by atoms with Gasteiger partial charge in [0.25, 0.3) is 5.95 Å². The highest BCUT2D eigenvalue weighted by Gasteiger charge is 2.12. The van der Waals surface area contributed by atoms with Gasteiger partial charge in [0.15, 0.2) is 0 Å². The van der Waals surface area contributed by atoms with Crippen LogP contribution in [0.15, 0.2) is 64.2 Å². The van der Waals surface area contributed by atoms with Gasteiger partial charge in [-0.1, -0.05) is 39.7 Å². The molecule has 2 heterocycles.